The standard InChI is InChI=1S/C17H23NO3/c1-18(16-8-12-20-13-9-16)10-14-21-17-6-4-15(5-7-17)3-2-11-19/h4-7,16,19H,8-14H2,1H3. The summed E-state index contributed by atoms with van der Waals surface area (Å²) in [6.07, 6.45) is 2.21. The maximum Gasteiger partial charge on any atom is 0.119 e. The van der Waals surface area contributed by atoms with Gasteiger partial charge >= 0.3 is 0 Å². The smallest absolute Gasteiger partial charge is 0.119 e. The Labute approximate surface area is 126 Å². The van der Waals surface area contributed by atoms with Gasteiger partial charge in [-0.1, -0.05) is 11.8 Å². The second-order valence-electron chi connectivity index (χ2n) is 5.16. The third-order valence-corrected chi connectivity index (χ3v) is 3.69. The van der Waals surface area contributed by atoms with Gasteiger partial charge in [-0.05, 0) is 44.2 Å². The van der Waals surface area contributed by atoms with Gasteiger partial charge in [0.2, 0.25) is 0 Å². The van der Waals surface area contributed by atoms with Gasteiger partial charge in [-0.15, -0.1) is 0 Å². The normalized spacial score (nSPS) is 15.6. The average Bonchev–Trinajstić information content (AvgIpc) is 2.55. The summed E-state index contributed by atoms with van der Waals surface area (Å²) in [6, 6.07) is 8.24. The molecule has 1 saturated heterocycles. The van der Waals surface area contributed by atoms with E-state index in [0.29, 0.717) is 12.6 Å². The van der Waals surface area contributed by atoms with Crippen molar-refractivity contribution in [3.63, 3.8) is 0 Å². The predicted molar refractivity (Wildman–Crippen MR) is 82.4 cm³/mol. The summed E-state index contributed by atoms with van der Waals surface area (Å²) in [5.74, 6) is 6.34. The number of likely N-dealkylation sites (N-methyl/N-ethyl adjacent to an activating group) is 1. The number of benzene rings is 1. The van der Waals surface area contributed by atoms with Crippen LogP contribution in [0.4, 0.5) is 0 Å². The molecule has 0 atom stereocenters. The quantitative estimate of drug-likeness (QED) is 0.835. The van der Waals surface area contributed by atoms with Crippen molar-refractivity contribution in [2.75, 3.05) is 40.0 Å². The molecule has 0 saturated carbocycles. The Balaban J connectivity index is 1.72. The molecule has 0 aromatic heterocycles. The summed E-state index contributed by atoms with van der Waals surface area (Å²) in [7, 11) is 2.15. The Hall–Kier alpha value is -1.54. The second kappa shape index (κ2) is 8.68. The minimum atomic E-state index is -0.114. The Kier molecular flexibility index (Phi) is 6.55. The fourth-order valence-corrected chi connectivity index (χ4v) is 2.39. The molecule has 1 aromatic carbocycles. The summed E-state index contributed by atoms with van der Waals surface area (Å²) in [4.78, 5) is 2.35. The van der Waals surface area contributed by atoms with Crippen LogP contribution in [0, 0.1) is 11.8 Å². The molecule has 0 unspecified atom stereocenters. The molecule has 21 heavy (non-hydrogen) atoms. The fraction of sp³-hybridized carbons (Fsp3) is 0.529. The first-order valence-electron chi connectivity index (χ1n) is 7.40. The van der Waals surface area contributed by atoms with Crippen molar-refractivity contribution in [3.05, 3.63) is 29.8 Å². The van der Waals surface area contributed by atoms with Crippen LogP contribution in [0.25, 0.3) is 0 Å². The lowest BCUT2D eigenvalue weighted by Crippen LogP contribution is -2.38. The van der Waals surface area contributed by atoms with E-state index in [2.05, 4.69) is 23.8 Å². The van der Waals surface area contributed by atoms with Gasteiger partial charge in [0, 0.05) is 31.4 Å². The fourth-order valence-electron chi connectivity index (χ4n) is 2.39. The first-order chi connectivity index (χ1) is 10.3. The lowest BCUT2D eigenvalue weighted by Gasteiger charge is -2.30. The lowest BCUT2D eigenvalue weighted by molar-refractivity contribution is 0.0392. The van der Waals surface area contributed by atoms with Crippen LogP contribution in [0.15, 0.2) is 24.3 Å². The number of rotatable bonds is 5. The van der Waals surface area contributed by atoms with Crippen molar-refractivity contribution < 1.29 is 14.6 Å². The van der Waals surface area contributed by atoms with Crippen LogP contribution >= 0.6 is 0 Å². The van der Waals surface area contributed by atoms with Crippen LogP contribution in [0.5, 0.6) is 5.75 Å². The zero-order valence-corrected chi connectivity index (χ0v) is 12.5. The van der Waals surface area contributed by atoms with E-state index < -0.39 is 0 Å². The second-order valence-corrected chi connectivity index (χ2v) is 5.16. The van der Waals surface area contributed by atoms with E-state index in [1.807, 2.05) is 24.3 Å². The van der Waals surface area contributed by atoms with Crippen molar-refractivity contribution in [1.82, 2.24) is 4.90 Å². The van der Waals surface area contributed by atoms with Crippen molar-refractivity contribution in [1.29, 1.82) is 0 Å². The maximum absolute atomic E-state index is 8.65. The molecular formula is C17H23NO3. The van der Waals surface area contributed by atoms with Gasteiger partial charge < -0.3 is 14.6 Å². The van der Waals surface area contributed by atoms with E-state index in [9.17, 15) is 0 Å². The Morgan fingerprint density at radius 2 is 2.00 bits per heavy atom. The number of ether oxygens (including phenoxy) is 2. The Morgan fingerprint density at radius 3 is 2.67 bits per heavy atom. The molecule has 4 heteroatoms. The summed E-state index contributed by atoms with van der Waals surface area (Å²) < 4.78 is 11.1. The van der Waals surface area contributed by atoms with E-state index in [4.69, 9.17) is 14.6 Å². The molecule has 114 valence electrons. The molecule has 1 aliphatic heterocycles. The molecule has 1 aromatic rings. The topological polar surface area (TPSA) is 41.9 Å². The first-order valence-corrected chi connectivity index (χ1v) is 7.40. The van der Waals surface area contributed by atoms with Gasteiger partial charge in [0.15, 0.2) is 0 Å². The van der Waals surface area contributed by atoms with E-state index >= 15 is 0 Å². The minimum Gasteiger partial charge on any atom is -0.492 e. The zero-order valence-electron chi connectivity index (χ0n) is 12.5. The van der Waals surface area contributed by atoms with Gasteiger partial charge in [-0.25, -0.2) is 0 Å². The molecule has 1 heterocycles. The van der Waals surface area contributed by atoms with Crippen LogP contribution in [0.2, 0.25) is 0 Å². The van der Waals surface area contributed by atoms with Crippen LogP contribution in [-0.2, 0) is 4.74 Å². The highest BCUT2D eigenvalue weighted by Crippen LogP contribution is 2.14. The third kappa shape index (κ3) is 5.39. The number of hydrogen-bond donors (Lipinski definition) is 1. The zero-order chi connectivity index (χ0) is 14.9. The van der Waals surface area contributed by atoms with Crippen molar-refractivity contribution >= 4 is 0 Å². The number of hydrogen-bond acceptors (Lipinski definition) is 4. The molecule has 0 aliphatic carbocycles. The van der Waals surface area contributed by atoms with E-state index in [0.717, 1.165) is 43.9 Å². The lowest BCUT2D eigenvalue weighted by atomic mass is 10.1. The molecule has 0 radical (unpaired) electrons. The van der Waals surface area contributed by atoms with Gasteiger partial charge in [0.25, 0.3) is 0 Å². The summed E-state index contributed by atoms with van der Waals surface area (Å²) >= 11 is 0. The summed E-state index contributed by atoms with van der Waals surface area (Å²) in [5.41, 5.74) is 0.885. The highest BCUT2D eigenvalue weighted by atomic mass is 16.5. The monoisotopic (exact) mass is 289 g/mol. The van der Waals surface area contributed by atoms with Crippen molar-refractivity contribution in [2.24, 2.45) is 0 Å². The van der Waals surface area contributed by atoms with E-state index in [-0.39, 0.29) is 6.61 Å². The average molecular weight is 289 g/mol. The van der Waals surface area contributed by atoms with Crippen LogP contribution in [-0.4, -0.2) is 56.1 Å². The molecule has 0 spiro atoms. The summed E-state index contributed by atoms with van der Waals surface area (Å²) in [5, 5.41) is 8.65. The molecule has 1 N–H and O–H groups in total. The van der Waals surface area contributed by atoms with Crippen LogP contribution in [0.1, 0.15) is 18.4 Å². The largest absolute Gasteiger partial charge is 0.492 e. The van der Waals surface area contributed by atoms with E-state index in [1.54, 1.807) is 0 Å². The van der Waals surface area contributed by atoms with Crippen molar-refractivity contribution in [2.45, 2.75) is 18.9 Å². The minimum absolute atomic E-state index is 0.114. The molecule has 4 nitrogen and oxygen atoms in total. The highest BCUT2D eigenvalue weighted by Gasteiger charge is 2.17. The number of aliphatic hydroxyl groups is 1. The molecular weight excluding hydrogens is 266 g/mol. The summed E-state index contributed by atoms with van der Waals surface area (Å²) in [6.45, 7) is 3.21. The van der Waals surface area contributed by atoms with Crippen LogP contribution < -0.4 is 4.74 Å². The number of nitrogens with zero attached hydrogens (tertiary/aromatic N) is 1. The Morgan fingerprint density at radius 1 is 1.29 bits per heavy atom. The van der Waals surface area contributed by atoms with E-state index in [1.165, 1.54) is 0 Å². The predicted octanol–water partition coefficient (Wildman–Crippen LogP) is 1.52. The molecule has 0 bridgehead atoms. The van der Waals surface area contributed by atoms with Crippen LogP contribution in [0.3, 0.4) is 0 Å². The number of aliphatic hydroxyl groups excluding tert-OH is 1. The molecule has 1 fully saturated rings. The van der Waals surface area contributed by atoms with Gasteiger partial charge in [0.05, 0.1) is 0 Å². The molecule has 0 amide bonds. The maximum atomic E-state index is 8.65. The highest BCUT2D eigenvalue weighted by molar-refractivity contribution is 5.38. The SMILES string of the molecule is CN(CCOc1ccc(C#CCO)cc1)C1CCOCC1. The Bertz CT molecular complexity index is 469. The van der Waals surface area contributed by atoms with Gasteiger partial charge in [0.1, 0.15) is 19.0 Å². The van der Waals surface area contributed by atoms with Gasteiger partial charge in [-0.2, -0.15) is 0 Å². The third-order valence-electron chi connectivity index (χ3n) is 3.69. The van der Waals surface area contributed by atoms with Gasteiger partial charge in [-0.3, -0.25) is 4.90 Å². The molecule has 1 aliphatic rings. The molecule has 2 rings (SSSR count). The first kappa shape index (κ1) is 15.8. The van der Waals surface area contributed by atoms with Crippen molar-refractivity contribution in [3.8, 4) is 17.6 Å².